The van der Waals surface area contributed by atoms with Gasteiger partial charge in [0.2, 0.25) is 0 Å². The average Bonchev–Trinajstić information content (AvgIpc) is 2.88. The molecular formula is C19H37N2+. The number of hydrogen-bond donors (Lipinski definition) is 0. The zero-order chi connectivity index (χ0) is 15.5. The van der Waals surface area contributed by atoms with E-state index in [-0.39, 0.29) is 0 Å². The van der Waals surface area contributed by atoms with Gasteiger partial charge in [0.25, 0.3) is 5.82 Å². The molecule has 0 atom stereocenters. The maximum Gasteiger partial charge on any atom is 0.256 e. The normalized spacial score (nSPS) is 11.5. The number of rotatable bonds is 12. The van der Waals surface area contributed by atoms with Gasteiger partial charge in [-0.3, -0.25) is 0 Å². The highest BCUT2D eigenvalue weighted by molar-refractivity contribution is 4.86. The van der Waals surface area contributed by atoms with Gasteiger partial charge in [-0.25, -0.2) is 9.13 Å². The lowest BCUT2D eigenvalue weighted by molar-refractivity contribution is -0.700. The predicted octanol–water partition coefficient (Wildman–Crippen LogP) is 5.45. The highest BCUT2D eigenvalue weighted by Gasteiger charge is 2.17. The lowest BCUT2D eigenvalue weighted by atomic mass is 10.1. The smallest absolute Gasteiger partial charge is 0.235 e. The molecule has 0 saturated heterocycles. The summed E-state index contributed by atoms with van der Waals surface area (Å²) in [7, 11) is 0. The van der Waals surface area contributed by atoms with Crippen molar-refractivity contribution in [2.45, 2.75) is 104 Å². The molecule has 0 N–H and O–H groups in total. The van der Waals surface area contributed by atoms with E-state index in [0.717, 1.165) is 6.54 Å². The molecule has 0 saturated carbocycles. The molecule has 21 heavy (non-hydrogen) atoms. The number of imidazole rings is 1. The fraction of sp³-hybridized carbons (Fsp3) is 0.842. The highest BCUT2D eigenvalue weighted by Crippen LogP contribution is 2.13. The van der Waals surface area contributed by atoms with Gasteiger partial charge >= 0.3 is 0 Å². The molecule has 0 bridgehead atoms. The van der Waals surface area contributed by atoms with Gasteiger partial charge in [0.1, 0.15) is 12.4 Å². The first-order valence-corrected chi connectivity index (χ1v) is 9.29. The molecule has 1 heterocycles. The van der Waals surface area contributed by atoms with Crippen LogP contribution in [0.2, 0.25) is 0 Å². The summed E-state index contributed by atoms with van der Waals surface area (Å²) in [6.45, 7) is 10.2. The van der Waals surface area contributed by atoms with Crippen LogP contribution in [0.3, 0.4) is 0 Å². The number of unbranched alkanes of at least 4 members (excludes halogenated alkanes) is 8. The minimum atomic E-state index is 0.575. The molecule has 0 aliphatic heterocycles. The van der Waals surface area contributed by atoms with Gasteiger partial charge in [-0.15, -0.1) is 0 Å². The zero-order valence-electron chi connectivity index (χ0n) is 14.9. The van der Waals surface area contributed by atoms with Crippen molar-refractivity contribution in [2.75, 3.05) is 0 Å². The second kappa shape index (κ2) is 10.9. The SMILES string of the molecule is CCCCCCCCCCCc1n(C(C)C)cc[n+]1CC. The topological polar surface area (TPSA) is 8.81 Å². The fourth-order valence-corrected chi connectivity index (χ4v) is 3.10. The van der Waals surface area contributed by atoms with Gasteiger partial charge in [-0.05, 0) is 27.2 Å². The number of aromatic nitrogens is 2. The van der Waals surface area contributed by atoms with Crippen LogP contribution >= 0.6 is 0 Å². The maximum absolute atomic E-state index is 2.44. The summed E-state index contributed by atoms with van der Waals surface area (Å²) >= 11 is 0. The van der Waals surface area contributed by atoms with Crippen molar-refractivity contribution < 1.29 is 4.57 Å². The third kappa shape index (κ3) is 6.67. The Hall–Kier alpha value is -0.790. The molecule has 122 valence electrons. The minimum absolute atomic E-state index is 0.575. The summed E-state index contributed by atoms with van der Waals surface area (Å²) in [4.78, 5) is 0. The summed E-state index contributed by atoms with van der Waals surface area (Å²) < 4.78 is 4.85. The molecule has 0 amide bonds. The maximum atomic E-state index is 2.44. The predicted molar refractivity (Wildman–Crippen MR) is 91.6 cm³/mol. The Bertz CT molecular complexity index is 366. The van der Waals surface area contributed by atoms with Crippen molar-refractivity contribution >= 4 is 0 Å². The second-order valence-electron chi connectivity index (χ2n) is 6.58. The highest BCUT2D eigenvalue weighted by atomic mass is 15.2. The Balaban J connectivity index is 2.19. The van der Waals surface area contributed by atoms with Crippen molar-refractivity contribution in [1.29, 1.82) is 0 Å². The first-order chi connectivity index (χ1) is 10.2. The van der Waals surface area contributed by atoms with Crippen LogP contribution in [0.1, 0.15) is 97.3 Å². The quantitative estimate of drug-likeness (QED) is 0.358. The molecule has 2 heteroatoms. The van der Waals surface area contributed by atoms with Crippen molar-refractivity contribution in [1.82, 2.24) is 4.57 Å². The molecule has 0 aliphatic rings. The summed E-state index contributed by atoms with van der Waals surface area (Å²) in [6, 6.07) is 0.575. The molecule has 0 unspecified atom stereocenters. The number of hydrogen-bond acceptors (Lipinski definition) is 0. The van der Waals surface area contributed by atoms with E-state index in [4.69, 9.17) is 0 Å². The van der Waals surface area contributed by atoms with E-state index in [9.17, 15) is 0 Å². The van der Waals surface area contributed by atoms with Crippen molar-refractivity contribution in [2.24, 2.45) is 0 Å². The van der Waals surface area contributed by atoms with E-state index in [0.29, 0.717) is 6.04 Å². The van der Waals surface area contributed by atoms with Crippen molar-refractivity contribution in [3.8, 4) is 0 Å². The van der Waals surface area contributed by atoms with Crippen LogP contribution in [-0.2, 0) is 13.0 Å². The molecule has 1 aromatic heterocycles. The van der Waals surface area contributed by atoms with Crippen LogP contribution in [0.15, 0.2) is 12.4 Å². The first kappa shape index (κ1) is 18.3. The lowest BCUT2D eigenvalue weighted by Crippen LogP contribution is -2.36. The molecular weight excluding hydrogens is 256 g/mol. The van der Waals surface area contributed by atoms with Gasteiger partial charge in [-0.1, -0.05) is 58.3 Å². The molecule has 0 aliphatic carbocycles. The Morgan fingerprint density at radius 2 is 1.48 bits per heavy atom. The van der Waals surface area contributed by atoms with Crippen LogP contribution in [0.25, 0.3) is 0 Å². The third-order valence-corrected chi connectivity index (χ3v) is 4.44. The summed E-state index contributed by atoms with van der Waals surface area (Å²) in [6.07, 6.45) is 18.4. The van der Waals surface area contributed by atoms with Crippen molar-refractivity contribution in [3.05, 3.63) is 18.2 Å². The first-order valence-electron chi connectivity index (χ1n) is 9.29. The van der Waals surface area contributed by atoms with E-state index >= 15 is 0 Å². The second-order valence-corrected chi connectivity index (χ2v) is 6.58. The van der Waals surface area contributed by atoms with E-state index in [2.05, 4.69) is 49.2 Å². The van der Waals surface area contributed by atoms with E-state index in [1.165, 1.54) is 70.0 Å². The Morgan fingerprint density at radius 3 is 2.00 bits per heavy atom. The lowest BCUT2D eigenvalue weighted by Gasteiger charge is -2.07. The molecule has 1 rings (SSSR count). The van der Waals surface area contributed by atoms with Gasteiger partial charge in [0, 0.05) is 6.42 Å². The summed E-state index contributed by atoms with van der Waals surface area (Å²) in [5, 5.41) is 0. The fourth-order valence-electron chi connectivity index (χ4n) is 3.10. The van der Waals surface area contributed by atoms with Crippen LogP contribution < -0.4 is 4.57 Å². The molecule has 0 radical (unpaired) electrons. The van der Waals surface area contributed by atoms with Crippen LogP contribution in [0, 0.1) is 0 Å². The van der Waals surface area contributed by atoms with Gasteiger partial charge in [-0.2, -0.15) is 0 Å². The van der Waals surface area contributed by atoms with Crippen LogP contribution in [0.5, 0.6) is 0 Å². The monoisotopic (exact) mass is 293 g/mol. The average molecular weight is 294 g/mol. The van der Waals surface area contributed by atoms with Crippen molar-refractivity contribution in [3.63, 3.8) is 0 Å². The standard InChI is InChI=1S/C19H37N2/c1-5-7-8-9-10-11-12-13-14-15-19-20(6-2)16-17-21(19)18(3)4/h16-18H,5-15H2,1-4H3/q+1. The Labute approximate surface area is 132 Å². The van der Waals surface area contributed by atoms with E-state index in [1.807, 2.05) is 0 Å². The molecule has 0 spiro atoms. The minimum Gasteiger partial charge on any atom is -0.235 e. The van der Waals surface area contributed by atoms with Gasteiger partial charge in [0.15, 0.2) is 0 Å². The van der Waals surface area contributed by atoms with E-state index < -0.39 is 0 Å². The molecule has 0 fully saturated rings. The van der Waals surface area contributed by atoms with Crippen LogP contribution in [-0.4, -0.2) is 4.57 Å². The summed E-state index contributed by atoms with van der Waals surface area (Å²) in [5.74, 6) is 1.51. The van der Waals surface area contributed by atoms with Gasteiger partial charge < -0.3 is 0 Å². The third-order valence-electron chi connectivity index (χ3n) is 4.44. The Morgan fingerprint density at radius 1 is 0.905 bits per heavy atom. The Kier molecular flexibility index (Phi) is 9.45. The molecule has 1 aromatic rings. The van der Waals surface area contributed by atoms with Gasteiger partial charge in [0.05, 0.1) is 12.6 Å². The molecule has 2 nitrogen and oxygen atoms in total. The van der Waals surface area contributed by atoms with E-state index in [1.54, 1.807) is 0 Å². The number of aryl methyl sites for hydroxylation is 1. The zero-order valence-corrected chi connectivity index (χ0v) is 14.9. The largest absolute Gasteiger partial charge is 0.256 e. The van der Waals surface area contributed by atoms with Crippen LogP contribution in [0.4, 0.5) is 0 Å². The number of nitrogens with zero attached hydrogens (tertiary/aromatic N) is 2. The molecule has 0 aromatic carbocycles. The summed E-state index contributed by atoms with van der Waals surface area (Å²) in [5.41, 5.74) is 0.